The summed E-state index contributed by atoms with van der Waals surface area (Å²) >= 11 is 4.54. The van der Waals surface area contributed by atoms with Crippen molar-refractivity contribution in [2.45, 2.75) is 51.2 Å². The van der Waals surface area contributed by atoms with Crippen LogP contribution < -0.4 is 0 Å². The maximum atomic E-state index is 4.54. The van der Waals surface area contributed by atoms with Crippen molar-refractivity contribution in [3.05, 3.63) is 0 Å². The van der Waals surface area contributed by atoms with Crippen molar-refractivity contribution < 1.29 is 0 Å². The van der Waals surface area contributed by atoms with Gasteiger partial charge in [0.2, 0.25) is 0 Å². The number of hydrogen-bond acceptors (Lipinski definition) is 1. The Bertz CT molecular complexity index is 117. The lowest BCUT2D eigenvalue weighted by Crippen LogP contribution is -2.32. The Morgan fingerprint density at radius 1 is 1.40 bits per heavy atom. The first-order chi connectivity index (χ1) is 4.41. The van der Waals surface area contributed by atoms with Crippen LogP contribution in [0, 0.1) is 5.41 Å². The Hall–Kier alpha value is 0.350. The highest BCUT2D eigenvalue weighted by molar-refractivity contribution is 7.81. The molecule has 1 fully saturated rings. The van der Waals surface area contributed by atoms with E-state index in [0.29, 0.717) is 5.41 Å². The van der Waals surface area contributed by atoms with Crippen LogP contribution in [0.4, 0.5) is 0 Å². The van der Waals surface area contributed by atoms with Crippen molar-refractivity contribution in [2.75, 3.05) is 0 Å². The molecule has 0 aromatic heterocycles. The molecule has 0 spiro atoms. The molecule has 0 atom stereocenters. The van der Waals surface area contributed by atoms with Crippen LogP contribution in [0.25, 0.3) is 0 Å². The van der Waals surface area contributed by atoms with E-state index in [9.17, 15) is 0 Å². The van der Waals surface area contributed by atoms with Crippen molar-refractivity contribution in [3.8, 4) is 0 Å². The van der Waals surface area contributed by atoms with Crippen LogP contribution in [0.15, 0.2) is 0 Å². The van der Waals surface area contributed by atoms with Crippen molar-refractivity contribution in [1.29, 1.82) is 0 Å². The van der Waals surface area contributed by atoms with Crippen molar-refractivity contribution in [2.24, 2.45) is 5.41 Å². The molecule has 1 aliphatic carbocycles. The molecule has 0 unspecified atom stereocenters. The lowest BCUT2D eigenvalue weighted by molar-refractivity contribution is 0.133. The van der Waals surface area contributed by atoms with Gasteiger partial charge in [-0.2, -0.15) is 12.6 Å². The van der Waals surface area contributed by atoms with Gasteiger partial charge in [0, 0.05) is 4.75 Å². The molecule has 0 N–H and O–H groups in total. The average Bonchev–Trinajstić information content (AvgIpc) is 1.57. The molecule has 0 aromatic carbocycles. The van der Waals surface area contributed by atoms with Gasteiger partial charge < -0.3 is 0 Å². The summed E-state index contributed by atoms with van der Waals surface area (Å²) in [5.41, 5.74) is 0.630. The smallest absolute Gasteiger partial charge is 0.00783 e. The number of hydrogen-bond donors (Lipinski definition) is 1. The van der Waals surface area contributed by atoms with E-state index in [0.717, 1.165) is 0 Å². The minimum absolute atomic E-state index is 0.231. The maximum absolute atomic E-state index is 4.54. The fourth-order valence-corrected chi connectivity index (χ4v) is 2.38. The third kappa shape index (κ3) is 2.19. The first-order valence-corrected chi connectivity index (χ1v) is 4.59. The molecule has 0 aromatic rings. The monoisotopic (exact) mass is 158 g/mol. The van der Waals surface area contributed by atoms with E-state index in [4.69, 9.17) is 0 Å². The molecule has 0 radical (unpaired) electrons. The lowest BCUT2D eigenvalue weighted by atomic mass is 9.66. The van der Waals surface area contributed by atoms with Gasteiger partial charge in [0.05, 0.1) is 0 Å². The van der Waals surface area contributed by atoms with E-state index in [1.165, 1.54) is 25.7 Å². The molecule has 1 rings (SSSR count). The van der Waals surface area contributed by atoms with E-state index in [2.05, 4.69) is 33.4 Å². The van der Waals surface area contributed by atoms with Crippen LogP contribution in [0.1, 0.15) is 46.5 Å². The van der Waals surface area contributed by atoms with Gasteiger partial charge >= 0.3 is 0 Å². The lowest BCUT2D eigenvalue weighted by Gasteiger charge is -2.42. The molecular formula is C9H18S. The van der Waals surface area contributed by atoms with Crippen molar-refractivity contribution in [3.63, 3.8) is 0 Å². The van der Waals surface area contributed by atoms with E-state index >= 15 is 0 Å². The number of rotatable bonds is 2. The van der Waals surface area contributed by atoms with Gasteiger partial charge in [0.15, 0.2) is 0 Å². The molecule has 0 bridgehead atoms. The third-order valence-electron chi connectivity index (χ3n) is 2.42. The van der Waals surface area contributed by atoms with E-state index < -0.39 is 0 Å². The second-order valence-electron chi connectivity index (χ2n) is 4.65. The fourth-order valence-electron chi connectivity index (χ4n) is 2.00. The molecule has 1 aliphatic rings. The van der Waals surface area contributed by atoms with Crippen LogP contribution in [-0.2, 0) is 0 Å². The minimum atomic E-state index is 0.231. The van der Waals surface area contributed by atoms with Gasteiger partial charge in [-0.3, -0.25) is 0 Å². The summed E-state index contributed by atoms with van der Waals surface area (Å²) in [6, 6.07) is 0. The standard InChI is InChI=1S/C9H18S/c1-8(2,10)7-9(3)5-4-6-9/h10H,4-7H2,1-3H3. The van der Waals surface area contributed by atoms with Crippen LogP contribution in [0.3, 0.4) is 0 Å². The normalized spacial score (nSPS) is 24.0. The molecule has 0 amide bonds. The summed E-state index contributed by atoms with van der Waals surface area (Å²) in [6.45, 7) is 6.80. The zero-order valence-corrected chi connectivity index (χ0v) is 8.17. The zero-order chi connectivity index (χ0) is 7.83. The van der Waals surface area contributed by atoms with Gasteiger partial charge in [0.25, 0.3) is 0 Å². The summed E-state index contributed by atoms with van der Waals surface area (Å²) < 4.78 is 0.231. The first-order valence-electron chi connectivity index (χ1n) is 4.14. The summed E-state index contributed by atoms with van der Waals surface area (Å²) in [4.78, 5) is 0. The molecule has 60 valence electrons. The quantitative estimate of drug-likeness (QED) is 0.586. The van der Waals surface area contributed by atoms with Gasteiger partial charge in [-0.05, 0) is 24.7 Å². The highest BCUT2D eigenvalue weighted by Gasteiger charge is 2.35. The highest BCUT2D eigenvalue weighted by atomic mass is 32.1. The molecule has 10 heavy (non-hydrogen) atoms. The predicted octanol–water partition coefficient (Wildman–Crippen LogP) is 3.28. The SMILES string of the molecule is CC(C)(S)CC1(C)CCC1. The predicted molar refractivity (Wildman–Crippen MR) is 49.6 cm³/mol. The Kier molecular flexibility index (Phi) is 2.06. The Morgan fingerprint density at radius 3 is 2.00 bits per heavy atom. The second kappa shape index (κ2) is 2.44. The zero-order valence-electron chi connectivity index (χ0n) is 7.28. The Balaban J connectivity index is 2.37. The average molecular weight is 158 g/mol. The summed E-state index contributed by atoms with van der Waals surface area (Å²) in [5.74, 6) is 0. The molecule has 0 aliphatic heterocycles. The third-order valence-corrected chi connectivity index (χ3v) is 2.58. The summed E-state index contributed by atoms with van der Waals surface area (Å²) in [7, 11) is 0. The van der Waals surface area contributed by atoms with Crippen molar-refractivity contribution in [1.82, 2.24) is 0 Å². The second-order valence-corrected chi connectivity index (χ2v) is 5.86. The van der Waals surface area contributed by atoms with E-state index in [-0.39, 0.29) is 4.75 Å². The molecule has 1 saturated carbocycles. The Morgan fingerprint density at radius 2 is 1.90 bits per heavy atom. The molecule has 1 heteroatoms. The van der Waals surface area contributed by atoms with Crippen molar-refractivity contribution >= 4 is 12.6 Å². The van der Waals surface area contributed by atoms with E-state index in [1.54, 1.807) is 0 Å². The minimum Gasteiger partial charge on any atom is -0.173 e. The van der Waals surface area contributed by atoms with Crippen LogP contribution in [0.2, 0.25) is 0 Å². The molecule has 0 heterocycles. The van der Waals surface area contributed by atoms with Crippen LogP contribution in [-0.4, -0.2) is 4.75 Å². The maximum Gasteiger partial charge on any atom is 0.00783 e. The topological polar surface area (TPSA) is 0 Å². The van der Waals surface area contributed by atoms with Gasteiger partial charge in [-0.15, -0.1) is 0 Å². The first kappa shape index (κ1) is 8.45. The highest BCUT2D eigenvalue weighted by Crippen LogP contribution is 2.47. The van der Waals surface area contributed by atoms with Gasteiger partial charge in [-0.25, -0.2) is 0 Å². The fraction of sp³-hybridized carbons (Fsp3) is 1.00. The molecule has 0 saturated heterocycles. The summed E-state index contributed by atoms with van der Waals surface area (Å²) in [6.07, 6.45) is 5.53. The van der Waals surface area contributed by atoms with Gasteiger partial charge in [-0.1, -0.05) is 27.2 Å². The van der Waals surface area contributed by atoms with Crippen LogP contribution in [0.5, 0.6) is 0 Å². The number of thiol groups is 1. The van der Waals surface area contributed by atoms with E-state index in [1.807, 2.05) is 0 Å². The molecule has 0 nitrogen and oxygen atoms in total. The Labute approximate surface area is 69.8 Å². The summed E-state index contributed by atoms with van der Waals surface area (Å²) in [5, 5.41) is 0. The largest absolute Gasteiger partial charge is 0.173 e. The van der Waals surface area contributed by atoms with Gasteiger partial charge in [0.1, 0.15) is 0 Å². The molecular weight excluding hydrogens is 140 g/mol. The van der Waals surface area contributed by atoms with Crippen LogP contribution >= 0.6 is 12.6 Å².